The van der Waals surface area contributed by atoms with Crippen molar-refractivity contribution in [1.82, 2.24) is 9.97 Å². The molecule has 0 unspecified atom stereocenters. The topological polar surface area (TPSA) is 76.1 Å². The fraction of sp³-hybridized carbons (Fsp3) is 0.167. The van der Waals surface area contributed by atoms with Gasteiger partial charge in [0.1, 0.15) is 11.6 Å². The lowest BCUT2D eigenvalue weighted by molar-refractivity contribution is -0.115. The number of aryl methyl sites for hydroxylation is 1. The van der Waals surface area contributed by atoms with E-state index in [4.69, 9.17) is 0 Å². The molecule has 0 aliphatic heterocycles. The molecule has 1 aromatic carbocycles. The Kier molecular flexibility index (Phi) is 5.92. The summed E-state index contributed by atoms with van der Waals surface area (Å²) < 4.78 is 28.8. The number of benzene rings is 1. The number of amides is 1. The molecule has 3 rings (SSSR count). The van der Waals surface area contributed by atoms with Crippen LogP contribution in [-0.4, -0.2) is 22.5 Å². The van der Waals surface area contributed by atoms with Gasteiger partial charge in [0.15, 0.2) is 5.13 Å². The van der Waals surface area contributed by atoms with Crippen molar-refractivity contribution in [3.05, 3.63) is 59.2 Å². The van der Waals surface area contributed by atoms with E-state index in [1.807, 2.05) is 25.1 Å². The lowest BCUT2D eigenvalue weighted by atomic mass is 10.2. The van der Waals surface area contributed by atoms with Crippen LogP contribution in [0.25, 0.3) is 0 Å². The Morgan fingerprint density at radius 1 is 1.22 bits per heavy atom. The number of carbonyl (C=O) groups is 1. The first-order valence-corrected chi connectivity index (χ1v) is 8.86. The van der Waals surface area contributed by atoms with Gasteiger partial charge in [-0.25, -0.2) is 9.97 Å². The predicted molar refractivity (Wildman–Crippen MR) is 99.8 cm³/mol. The zero-order valence-electron chi connectivity index (χ0n) is 14.3. The third kappa shape index (κ3) is 5.71. The number of carbonyl (C=O) groups excluding carboxylic acids is 1. The summed E-state index contributed by atoms with van der Waals surface area (Å²) in [5.41, 5.74) is 1.84. The van der Waals surface area contributed by atoms with Gasteiger partial charge in [-0.3, -0.25) is 4.79 Å². The van der Waals surface area contributed by atoms with Gasteiger partial charge in [0, 0.05) is 22.8 Å². The minimum absolute atomic E-state index is 0.0198. The predicted octanol–water partition coefficient (Wildman–Crippen LogP) is 4.37. The van der Waals surface area contributed by atoms with Gasteiger partial charge in [0.25, 0.3) is 0 Å². The van der Waals surface area contributed by atoms with Crippen molar-refractivity contribution in [2.45, 2.75) is 20.0 Å². The van der Waals surface area contributed by atoms with Crippen molar-refractivity contribution in [3.63, 3.8) is 0 Å². The van der Waals surface area contributed by atoms with E-state index in [1.54, 1.807) is 11.4 Å². The quantitative estimate of drug-likeness (QED) is 0.626. The van der Waals surface area contributed by atoms with Crippen molar-refractivity contribution < 1.29 is 18.3 Å². The number of halogens is 2. The van der Waals surface area contributed by atoms with E-state index in [2.05, 4.69) is 25.3 Å². The van der Waals surface area contributed by atoms with Crippen LogP contribution in [0.15, 0.2) is 47.8 Å². The summed E-state index contributed by atoms with van der Waals surface area (Å²) in [6.45, 7) is -1.02. The minimum Gasteiger partial charge on any atom is -0.435 e. The van der Waals surface area contributed by atoms with Crippen molar-refractivity contribution in [1.29, 1.82) is 0 Å². The minimum atomic E-state index is -2.92. The Morgan fingerprint density at radius 2 is 2.04 bits per heavy atom. The summed E-state index contributed by atoms with van der Waals surface area (Å²) in [6, 6.07) is 11.4. The zero-order chi connectivity index (χ0) is 19.2. The van der Waals surface area contributed by atoms with Crippen LogP contribution in [-0.2, 0) is 11.2 Å². The molecular formula is C18H16F2N4O2S. The van der Waals surface area contributed by atoms with Gasteiger partial charge < -0.3 is 15.4 Å². The summed E-state index contributed by atoms with van der Waals surface area (Å²) in [6.07, 6.45) is 0.0549. The van der Waals surface area contributed by atoms with Crippen molar-refractivity contribution in [2.75, 3.05) is 10.6 Å². The van der Waals surface area contributed by atoms with Crippen molar-refractivity contribution >= 4 is 33.9 Å². The SMILES string of the molecule is Cc1cccc(Nc2nc(CC(=O)Nc3cccc(OC(F)F)c3)cs2)n1. The van der Waals surface area contributed by atoms with Gasteiger partial charge in [0.2, 0.25) is 5.91 Å². The van der Waals surface area contributed by atoms with E-state index < -0.39 is 6.61 Å². The summed E-state index contributed by atoms with van der Waals surface area (Å²) in [5.74, 6) is 0.347. The number of hydrogen-bond acceptors (Lipinski definition) is 6. The Balaban J connectivity index is 1.58. The van der Waals surface area contributed by atoms with Crippen LogP contribution in [0.2, 0.25) is 0 Å². The second-order valence-electron chi connectivity index (χ2n) is 5.56. The normalized spacial score (nSPS) is 10.7. The fourth-order valence-electron chi connectivity index (χ4n) is 2.29. The van der Waals surface area contributed by atoms with Crippen LogP contribution in [0, 0.1) is 6.92 Å². The number of hydrogen-bond donors (Lipinski definition) is 2. The third-order valence-electron chi connectivity index (χ3n) is 3.36. The van der Waals surface area contributed by atoms with Gasteiger partial charge >= 0.3 is 6.61 Å². The number of rotatable bonds is 7. The number of anilines is 3. The van der Waals surface area contributed by atoms with Crippen LogP contribution >= 0.6 is 11.3 Å². The van der Waals surface area contributed by atoms with E-state index in [1.165, 1.54) is 29.5 Å². The maximum atomic E-state index is 12.3. The maximum Gasteiger partial charge on any atom is 0.387 e. The Bertz CT molecular complexity index is 933. The summed E-state index contributed by atoms with van der Waals surface area (Å²) in [4.78, 5) is 20.9. The molecule has 0 aliphatic rings. The summed E-state index contributed by atoms with van der Waals surface area (Å²) in [7, 11) is 0. The van der Waals surface area contributed by atoms with Crippen LogP contribution < -0.4 is 15.4 Å². The van der Waals surface area contributed by atoms with Gasteiger partial charge in [-0.05, 0) is 31.2 Å². The van der Waals surface area contributed by atoms with E-state index >= 15 is 0 Å². The Labute approximate surface area is 158 Å². The average molecular weight is 390 g/mol. The molecule has 0 saturated heterocycles. The third-order valence-corrected chi connectivity index (χ3v) is 4.17. The van der Waals surface area contributed by atoms with E-state index in [0.717, 1.165) is 5.69 Å². The molecule has 3 aromatic rings. The largest absolute Gasteiger partial charge is 0.435 e. The molecule has 2 N–H and O–H groups in total. The van der Waals surface area contributed by atoms with Crippen LogP contribution in [0.3, 0.4) is 0 Å². The molecule has 6 nitrogen and oxygen atoms in total. The molecule has 0 radical (unpaired) electrons. The van der Waals surface area contributed by atoms with E-state index in [-0.39, 0.29) is 18.1 Å². The second-order valence-corrected chi connectivity index (χ2v) is 6.42. The standard InChI is InChI=1S/C18H16F2N4O2S/c1-11-4-2-7-15(21-11)24-18-23-13(10-27-18)9-16(25)22-12-5-3-6-14(8-12)26-17(19)20/h2-8,10,17H,9H2,1H3,(H,22,25)(H,21,23,24). The highest BCUT2D eigenvalue weighted by Gasteiger charge is 2.10. The zero-order valence-corrected chi connectivity index (χ0v) is 15.1. The number of nitrogens with one attached hydrogen (secondary N) is 2. The van der Waals surface area contributed by atoms with Gasteiger partial charge in [-0.1, -0.05) is 12.1 Å². The molecule has 0 aliphatic carbocycles. The highest BCUT2D eigenvalue weighted by Crippen LogP contribution is 2.22. The lowest BCUT2D eigenvalue weighted by Gasteiger charge is -2.08. The van der Waals surface area contributed by atoms with Gasteiger partial charge in [-0.2, -0.15) is 8.78 Å². The number of thiazole rings is 1. The Hall–Kier alpha value is -3.07. The summed E-state index contributed by atoms with van der Waals surface area (Å²) >= 11 is 1.36. The first-order valence-electron chi connectivity index (χ1n) is 7.98. The van der Waals surface area contributed by atoms with E-state index in [0.29, 0.717) is 22.3 Å². The molecule has 140 valence electrons. The molecule has 27 heavy (non-hydrogen) atoms. The van der Waals surface area contributed by atoms with Crippen molar-refractivity contribution in [2.24, 2.45) is 0 Å². The summed E-state index contributed by atoms with van der Waals surface area (Å²) in [5, 5.41) is 8.13. The molecule has 0 fully saturated rings. The molecular weight excluding hydrogens is 374 g/mol. The first kappa shape index (κ1) is 18.7. The maximum absolute atomic E-state index is 12.3. The fourth-order valence-corrected chi connectivity index (χ4v) is 3.00. The number of aromatic nitrogens is 2. The van der Waals surface area contributed by atoms with Crippen LogP contribution in [0.1, 0.15) is 11.4 Å². The van der Waals surface area contributed by atoms with Crippen molar-refractivity contribution in [3.8, 4) is 5.75 Å². The Morgan fingerprint density at radius 3 is 2.81 bits per heavy atom. The number of pyridine rings is 1. The molecule has 0 atom stereocenters. The molecule has 0 saturated carbocycles. The second kappa shape index (κ2) is 8.54. The average Bonchev–Trinajstić information content (AvgIpc) is 3.01. The van der Waals surface area contributed by atoms with Gasteiger partial charge in [0.05, 0.1) is 12.1 Å². The van der Waals surface area contributed by atoms with Gasteiger partial charge in [-0.15, -0.1) is 11.3 Å². The highest BCUT2D eigenvalue weighted by molar-refractivity contribution is 7.13. The van der Waals surface area contributed by atoms with Crippen LogP contribution in [0.4, 0.5) is 25.4 Å². The highest BCUT2D eigenvalue weighted by atomic mass is 32.1. The molecule has 2 heterocycles. The molecule has 0 spiro atoms. The molecule has 1 amide bonds. The number of nitrogens with zero attached hydrogens (tertiary/aromatic N) is 2. The number of alkyl halides is 2. The van der Waals surface area contributed by atoms with E-state index in [9.17, 15) is 13.6 Å². The monoisotopic (exact) mass is 390 g/mol. The smallest absolute Gasteiger partial charge is 0.387 e. The molecule has 0 bridgehead atoms. The van der Waals surface area contributed by atoms with Crippen LogP contribution in [0.5, 0.6) is 5.75 Å². The molecule has 2 aromatic heterocycles. The first-order chi connectivity index (χ1) is 13.0. The molecule has 9 heteroatoms. The lowest BCUT2D eigenvalue weighted by Crippen LogP contribution is -2.14. The number of ether oxygens (including phenoxy) is 1.